The first-order valence-electron chi connectivity index (χ1n) is 12.3. The van der Waals surface area contributed by atoms with Gasteiger partial charge in [-0.1, -0.05) is 19.9 Å². The summed E-state index contributed by atoms with van der Waals surface area (Å²) in [7, 11) is 0. The van der Waals surface area contributed by atoms with Gasteiger partial charge in [0, 0.05) is 22.7 Å². The van der Waals surface area contributed by atoms with Gasteiger partial charge in [-0.3, -0.25) is 9.59 Å². The van der Waals surface area contributed by atoms with Crippen molar-refractivity contribution in [1.82, 2.24) is 0 Å². The van der Waals surface area contributed by atoms with Crippen LogP contribution >= 0.6 is 11.8 Å². The Kier molecular flexibility index (Phi) is 6.10. The first-order chi connectivity index (χ1) is 17.4. The first kappa shape index (κ1) is 26.3. The highest BCUT2D eigenvalue weighted by atomic mass is 32.2. The van der Waals surface area contributed by atoms with Gasteiger partial charge in [-0.25, -0.2) is 18.0 Å². The zero-order valence-corrected chi connectivity index (χ0v) is 21.5. The Bertz CT molecular complexity index is 1200. The summed E-state index contributed by atoms with van der Waals surface area (Å²) in [4.78, 5) is 38.7. The molecule has 1 heterocycles. The van der Waals surface area contributed by atoms with Gasteiger partial charge < -0.3 is 14.3 Å². The molecule has 0 radical (unpaired) electrons. The molecule has 9 atom stereocenters. The van der Waals surface area contributed by atoms with Crippen LogP contribution < -0.4 is 0 Å². The van der Waals surface area contributed by atoms with E-state index in [9.17, 15) is 23.9 Å². The second-order valence-corrected chi connectivity index (χ2v) is 12.0. The molecule has 4 aliphatic rings. The number of allylic oxidation sites excluding steroid dienone is 4. The number of ketones is 1. The van der Waals surface area contributed by atoms with E-state index in [1.807, 2.05) is 0 Å². The van der Waals surface area contributed by atoms with Gasteiger partial charge in [0.25, 0.3) is 0 Å². The van der Waals surface area contributed by atoms with Crippen molar-refractivity contribution in [2.45, 2.75) is 63.6 Å². The molecule has 200 valence electrons. The van der Waals surface area contributed by atoms with Gasteiger partial charge in [0.15, 0.2) is 17.1 Å². The number of alkyl halides is 3. The van der Waals surface area contributed by atoms with E-state index in [0.29, 0.717) is 11.8 Å². The molecule has 5 unspecified atom stereocenters. The van der Waals surface area contributed by atoms with Crippen LogP contribution in [-0.4, -0.2) is 51.5 Å². The van der Waals surface area contributed by atoms with Crippen LogP contribution in [0.15, 0.2) is 46.6 Å². The lowest BCUT2D eigenvalue weighted by Crippen LogP contribution is -2.70. The topological polar surface area (TPSA) is 93.8 Å². The molecule has 4 aliphatic carbocycles. The predicted octanol–water partition coefficient (Wildman–Crippen LogP) is 4.93. The minimum absolute atomic E-state index is 0.00739. The number of hydrogen-bond acceptors (Lipinski definition) is 7. The molecule has 0 amide bonds. The number of ether oxygens (including phenoxy) is 1. The molecule has 0 spiro atoms. The standard InChI is InChI=1S/C27H29F3O6S/c1-14-9-16-17-11-19(29)18-10-15(31)6-7-24(18,2)26(17,30)21(32)12-25(16,3)27(14,23(34)37-13-28)36-22(33)20-5-4-8-35-20/h4-8,10,14,16-17,19,21,32H,9,11-13H2,1-3H3/t14-,16?,17?,19+,21?,24?,25?,26+,27+/m1/s1. The largest absolute Gasteiger partial charge is 0.457 e. The Labute approximate surface area is 216 Å². The fourth-order valence-corrected chi connectivity index (χ4v) is 8.76. The number of esters is 1. The van der Waals surface area contributed by atoms with Crippen molar-refractivity contribution in [3.05, 3.63) is 48.0 Å². The smallest absolute Gasteiger partial charge is 0.375 e. The highest BCUT2D eigenvalue weighted by molar-refractivity contribution is 8.13. The second-order valence-electron chi connectivity index (χ2n) is 11.1. The molecular weight excluding hydrogens is 509 g/mol. The predicted molar refractivity (Wildman–Crippen MR) is 129 cm³/mol. The second kappa shape index (κ2) is 8.59. The van der Waals surface area contributed by atoms with Gasteiger partial charge in [-0.05, 0) is 73.7 Å². The van der Waals surface area contributed by atoms with Crippen molar-refractivity contribution < 1.29 is 41.8 Å². The molecule has 6 nitrogen and oxygen atoms in total. The monoisotopic (exact) mass is 538 g/mol. The zero-order valence-electron chi connectivity index (χ0n) is 20.7. The number of aliphatic hydroxyl groups is 1. The first-order valence-corrected chi connectivity index (χ1v) is 13.3. The number of rotatable bonds is 4. The van der Waals surface area contributed by atoms with Crippen LogP contribution in [0.25, 0.3) is 0 Å². The van der Waals surface area contributed by atoms with Crippen LogP contribution in [0, 0.1) is 28.6 Å². The number of carbonyl (C=O) groups excluding carboxylic acids is 3. The maximum Gasteiger partial charge on any atom is 0.375 e. The van der Waals surface area contributed by atoms with E-state index < -0.39 is 75.0 Å². The summed E-state index contributed by atoms with van der Waals surface area (Å²) < 4.78 is 57.5. The molecular formula is C27H29F3O6S. The summed E-state index contributed by atoms with van der Waals surface area (Å²) >= 11 is 0.352. The van der Waals surface area contributed by atoms with Crippen LogP contribution in [0.3, 0.4) is 0 Å². The number of aliphatic hydroxyl groups excluding tert-OH is 1. The highest BCUT2D eigenvalue weighted by Gasteiger charge is 2.78. The average molecular weight is 539 g/mol. The molecule has 10 heteroatoms. The van der Waals surface area contributed by atoms with E-state index in [1.165, 1.54) is 37.5 Å². The van der Waals surface area contributed by atoms with Gasteiger partial charge >= 0.3 is 5.97 Å². The lowest BCUT2D eigenvalue weighted by atomic mass is 9.44. The van der Waals surface area contributed by atoms with Gasteiger partial charge in [0.1, 0.15) is 12.2 Å². The molecule has 0 bridgehead atoms. The maximum atomic E-state index is 17.4. The third kappa shape index (κ3) is 3.27. The van der Waals surface area contributed by atoms with Gasteiger partial charge in [0.05, 0.1) is 12.4 Å². The number of halogens is 3. The fraction of sp³-hybridized carbons (Fsp3) is 0.593. The summed E-state index contributed by atoms with van der Waals surface area (Å²) in [5, 5.41) is 10.7. The van der Waals surface area contributed by atoms with Crippen molar-refractivity contribution >= 4 is 28.6 Å². The lowest BCUT2D eigenvalue weighted by Gasteiger charge is -2.63. The number of carbonyl (C=O) groups is 3. The average Bonchev–Trinajstić information content (AvgIpc) is 3.45. The normalized spacial score (nSPS) is 44.5. The summed E-state index contributed by atoms with van der Waals surface area (Å²) in [6.45, 7) is 4.79. The third-order valence-electron chi connectivity index (χ3n) is 9.63. The minimum atomic E-state index is -2.35. The summed E-state index contributed by atoms with van der Waals surface area (Å²) in [6, 6.07) is 1.78. The van der Waals surface area contributed by atoms with Gasteiger partial charge in [-0.2, -0.15) is 0 Å². The molecule has 1 aromatic rings. The van der Waals surface area contributed by atoms with Crippen molar-refractivity contribution in [3.63, 3.8) is 0 Å². The van der Waals surface area contributed by atoms with E-state index in [0.717, 1.165) is 6.08 Å². The number of fused-ring (bicyclic) bond motifs is 5. The SMILES string of the molecule is C[C@@H]1CC2C3C[C@H](F)C4=CC(=O)C=CC4(C)[C@@]3(F)C(O)CC2(C)[C@@]1(OC(=O)c1ccco1)C(=O)SCF. The van der Waals surface area contributed by atoms with Crippen molar-refractivity contribution in [2.75, 3.05) is 6.01 Å². The maximum absolute atomic E-state index is 17.4. The molecule has 3 fully saturated rings. The van der Waals surface area contributed by atoms with E-state index in [4.69, 9.17) is 9.15 Å². The Morgan fingerprint density at radius 1 is 1.27 bits per heavy atom. The molecule has 3 saturated carbocycles. The number of furan rings is 1. The van der Waals surface area contributed by atoms with Gasteiger partial charge in [0.2, 0.25) is 10.9 Å². The molecule has 0 aliphatic heterocycles. The molecule has 1 N–H and O–H groups in total. The Hall–Kier alpha value is -2.33. The summed E-state index contributed by atoms with van der Waals surface area (Å²) in [5.41, 5.74) is -7.19. The molecule has 1 aromatic heterocycles. The number of thioether (sulfide) groups is 1. The van der Waals surface area contributed by atoms with Crippen molar-refractivity contribution in [2.24, 2.45) is 28.6 Å². The van der Waals surface area contributed by atoms with Gasteiger partial charge in [-0.15, -0.1) is 0 Å². The van der Waals surface area contributed by atoms with Crippen LogP contribution in [-0.2, 0) is 14.3 Å². The Morgan fingerprint density at radius 3 is 2.65 bits per heavy atom. The van der Waals surface area contributed by atoms with Crippen LogP contribution in [0.5, 0.6) is 0 Å². The zero-order chi connectivity index (χ0) is 27.0. The third-order valence-corrected chi connectivity index (χ3v) is 10.3. The van der Waals surface area contributed by atoms with Crippen LogP contribution in [0.4, 0.5) is 13.2 Å². The highest BCUT2D eigenvalue weighted by Crippen LogP contribution is 2.72. The van der Waals surface area contributed by atoms with Crippen LogP contribution in [0.1, 0.15) is 50.6 Å². The molecule has 0 saturated heterocycles. The number of hydrogen-bond donors (Lipinski definition) is 1. The van der Waals surface area contributed by atoms with E-state index in [-0.39, 0.29) is 30.6 Å². The van der Waals surface area contributed by atoms with E-state index in [2.05, 4.69) is 0 Å². The quantitative estimate of drug-likeness (QED) is 0.544. The lowest BCUT2D eigenvalue weighted by molar-refractivity contribution is -0.221. The Morgan fingerprint density at radius 2 is 2.00 bits per heavy atom. The van der Waals surface area contributed by atoms with Crippen LogP contribution in [0.2, 0.25) is 0 Å². The minimum Gasteiger partial charge on any atom is -0.457 e. The van der Waals surface area contributed by atoms with E-state index in [1.54, 1.807) is 13.8 Å². The van der Waals surface area contributed by atoms with E-state index >= 15 is 8.78 Å². The molecule has 5 rings (SSSR count). The molecule has 37 heavy (non-hydrogen) atoms. The molecule has 0 aromatic carbocycles. The fourth-order valence-electron chi connectivity index (χ4n) is 7.97. The van der Waals surface area contributed by atoms with Crippen molar-refractivity contribution in [1.29, 1.82) is 0 Å². The Balaban J connectivity index is 1.64. The summed E-state index contributed by atoms with van der Waals surface area (Å²) in [6.07, 6.45) is 1.16. The van der Waals surface area contributed by atoms with Crippen molar-refractivity contribution in [3.8, 4) is 0 Å². The summed E-state index contributed by atoms with van der Waals surface area (Å²) in [5.74, 6) is -3.98.